The molecule has 1 N–H and O–H groups in total. The van der Waals surface area contributed by atoms with Crippen molar-refractivity contribution in [3.8, 4) is 0 Å². The maximum absolute atomic E-state index is 13.0. The molecule has 2 aromatic carbocycles. The van der Waals surface area contributed by atoms with Crippen molar-refractivity contribution in [2.75, 3.05) is 5.32 Å². The fourth-order valence-electron chi connectivity index (χ4n) is 3.05. The number of fused-ring (bicyclic) bond motifs is 1. The summed E-state index contributed by atoms with van der Waals surface area (Å²) in [6.07, 6.45) is -0.989. The quantitative estimate of drug-likeness (QED) is 0.692. The van der Waals surface area contributed by atoms with Gasteiger partial charge in [0.25, 0.3) is 5.91 Å². The number of anilines is 1. The van der Waals surface area contributed by atoms with E-state index in [1.165, 1.54) is 12.3 Å². The first-order chi connectivity index (χ1) is 13.4. The SMILES string of the molecule is O=C(Nc1cccc2c1N=C(c1cccc(C(F)(F)F)c1)C2)c1cccnc1. The summed E-state index contributed by atoms with van der Waals surface area (Å²) in [4.78, 5) is 20.8. The number of para-hydroxylation sites is 1. The van der Waals surface area contributed by atoms with E-state index < -0.39 is 11.7 Å². The monoisotopic (exact) mass is 381 g/mol. The standard InChI is InChI=1S/C21H14F3N3O/c22-21(23,24)16-7-1-4-13(10-16)18-11-14-5-2-8-17(19(14)26-18)27-20(28)15-6-3-9-25-12-15/h1-10,12H,11H2,(H,27,28). The largest absolute Gasteiger partial charge is 0.416 e. The Bertz CT molecular complexity index is 1080. The molecule has 4 rings (SSSR count). The molecule has 0 bridgehead atoms. The van der Waals surface area contributed by atoms with Crippen LogP contribution in [0.2, 0.25) is 0 Å². The van der Waals surface area contributed by atoms with Crippen LogP contribution in [-0.4, -0.2) is 16.6 Å². The van der Waals surface area contributed by atoms with E-state index in [9.17, 15) is 18.0 Å². The predicted molar refractivity (Wildman–Crippen MR) is 100.0 cm³/mol. The van der Waals surface area contributed by atoms with Crippen LogP contribution in [-0.2, 0) is 12.6 Å². The van der Waals surface area contributed by atoms with Crippen LogP contribution in [0.1, 0.15) is 27.0 Å². The summed E-state index contributed by atoms with van der Waals surface area (Å²) in [5, 5.41) is 2.80. The van der Waals surface area contributed by atoms with Gasteiger partial charge in [-0.15, -0.1) is 0 Å². The topological polar surface area (TPSA) is 54.4 Å². The molecular weight excluding hydrogens is 367 g/mol. The summed E-state index contributed by atoms with van der Waals surface area (Å²) in [5.74, 6) is -0.329. The van der Waals surface area contributed by atoms with E-state index in [0.29, 0.717) is 34.6 Å². The van der Waals surface area contributed by atoms with E-state index in [0.717, 1.165) is 17.7 Å². The first-order valence-corrected chi connectivity index (χ1v) is 8.50. The summed E-state index contributed by atoms with van der Waals surface area (Å²) in [6, 6.07) is 13.7. The predicted octanol–water partition coefficient (Wildman–Crippen LogP) is 5.03. The normalized spacial score (nSPS) is 13.0. The molecule has 0 saturated heterocycles. The highest BCUT2D eigenvalue weighted by molar-refractivity contribution is 6.10. The van der Waals surface area contributed by atoms with E-state index in [4.69, 9.17) is 0 Å². The van der Waals surface area contributed by atoms with Crippen molar-refractivity contribution in [1.29, 1.82) is 0 Å². The maximum Gasteiger partial charge on any atom is 0.416 e. The number of benzene rings is 2. The Morgan fingerprint density at radius 2 is 1.86 bits per heavy atom. The number of aromatic nitrogens is 1. The highest BCUT2D eigenvalue weighted by atomic mass is 19.4. The highest BCUT2D eigenvalue weighted by Gasteiger charge is 2.31. The number of nitrogens with one attached hydrogen (secondary N) is 1. The van der Waals surface area contributed by atoms with Crippen molar-refractivity contribution in [3.63, 3.8) is 0 Å². The molecule has 1 aliphatic heterocycles. The summed E-state index contributed by atoms with van der Waals surface area (Å²) in [5.41, 5.74) is 2.55. The van der Waals surface area contributed by atoms with Crippen LogP contribution in [0.15, 0.2) is 72.0 Å². The molecule has 0 radical (unpaired) electrons. The average molecular weight is 381 g/mol. The molecule has 7 heteroatoms. The minimum atomic E-state index is -4.41. The van der Waals surface area contributed by atoms with Crippen molar-refractivity contribution in [2.45, 2.75) is 12.6 Å². The molecule has 0 atom stereocenters. The van der Waals surface area contributed by atoms with Gasteiger partial charge in [0.2, 0.25) is 0 Å². The Kier molecular flexibility index (Phi) is 4.43. The number of pyridine rings is 1. The smallest absolute Gasteiger partial charge is 0.320 e. The lowest BCUT2D eigenvalue weighted by atomic mass is 10.0. The molecule has 140 valence electrons. The van der Waals surface area contributed by atoms with Gasteiger partial charge in [-0.1, -0.05) is 24.3 Å². The van der Waals surface area contributed by atoms with Crippen molar-refractivity contribution < 1.29 is 18.0 Å². The molecular formula is C21H14F3N3O. The van der Waals surface area contributed by atoms with Gasteiger partial charge in [-0.25, -0.2) is 4.99 Å². The zero-order valence-electron chi connectivity index (χ0n) is 14.5. The first kappa shape index (κ1) is 17.9. The van der Waals surface area contributed by atoms with E-state index in [2.05, 4.69) is 15.3 Å². The number of amides is 1. The number of nitrogens with zero attached hydrogens (tertiary/aromatic N) is 2. The Morgan fingerprint density at radius 1 is 1.04 bits per heavy atom. The number of aliphatic imine (C=N–C) groups is 1. The van der Waals surface area contributed by atoms with Gasteiger partial charge in [0.05, 0.1) is 28.2 Å². The zero-order chi connectivity index (χ0) is 19.7. The Labute approximate surface area is 158 Å². The molecule has 0 saturated carbocycles. The maximum atomic E-state index is 13.0. The van der Waals surface area contributed by atoms with Gasteiger partial charge in [0.1, 0.15) is 0 Å². The van der Waals surface area contributed by atoms with Crippen LogP contribution in [0.5, 0.6) is 0 Å². The third-order valence-electron chi connectivity index (χ3n) is 4.42. The fraction of sp³-hybridized carbons (Fsp3) is 0.0952. The van der Waals surface area contributed by atoms with Crippen LogP contribution < -0.4 is 5.32 Å². The third-order valence-corrected chi connectivity index (χ3v) is 4.42. The van der Waals surface area contributed by atoms with Crippen LogP contribution in [0.3, 0.4) is 0 Å². The zero-order valence-corrected chi connectivity index (χ0v) is 14.5. The molecule has 1 aliphatic rings. The number of carbonyl (C=O) groups excluding carboxylic acids is 1. The molecule has 0 unspecified atom stereocenters. The van der Waals surface area contributed by atoms with E-state index in [-0.39, 0.29) is 5.91 Å². The first-order valence-electron chi connectivity index (χ1n) is 8.50. The number of alkyl halides is 3. The summed E-state index contributed by atoms with van der Waals surface area (Å²) in [7, 11) is 0. The highest BCUT2D eigenvalue weighted by Crippen LogP contribution is 2.37. The van der Waals surface area contributed by atoms with Crippen LogP contribution in [0, 0.1) is 0 Å². The molecule has 3 aromatic rings. The Balaban J connectivity index is 1.65. The van der Waals surface area contributed by atoms with Gasteiger partial charge >= 0.3 is 6.18 Å². The van der Waals surface area contributed by atoms with Gasteiger partial charge < -0.3 is 5.32 Å². The Hall–Kier alpha value is -3.48. The number of halogens is 3. The molecule has 2 heterocycles. The Morgan fingerprint density at radius 3 is 2.61 bits per heavy atom. The van der Waals surface area contributed by atoms with E-state index >= 15 is 0 Å². The minimum Gasteiger partial charge on any atom is -0.320 e. The second-order valence-electron chi connectivity index (χ2n) is 6.32. The number of hydrogen-bond acceptors (Lipinski definition) is 3. The van der Waals surface area contributed by atoms with Crippen molar-refractivity contribution in [1.82, 2.24) is 4.98 Å². The average Bonchev–Trinajstić information content (AvgIpc) is 3.13. The van der Waals surface area contributed by atoms with Crippen LogP contribution in [0.4, 0.5) is 24.5 Å². The van der Waals surface area contributed by atoms with E-state index in [1.54, 1.807) is 36.5 Å². The third kappa shape index (κ3) is 3.51. The molecule has 1 aromatic heterocycles. The molecule has 28 heavy (non-hydrogen) atoms. The van der Waals surface area contributed by atoms with Crippen molar-refractivity contribution >= 4 is 23.0 Å². The lowest BCUT2D eigenvalue weighted by Gasteiger charge is -2.08. The number of hydrogen-bond donors (Lipinski definition) is 1. The molecule has 4 nitrogen and oxygen atoms in total. The molecule has 0 spiro atoms. The lowest BCUT2D eigenvalue weighted by molar-refractivity contribution is -0.137. The summed E-state index contributed by atoms with van der Waals surface area (Å²) in [6.45, 7) is 0. The summed E-state index contributed by atoms with van der Waals surface area (Å²) >= 11 is 0. The van der Waals surface area contributed by atoms with Gasteiger partial charge in [0.15, 0.2) is 0 Å². The van der Waals surface area contributed by atoms with Gasteiger partial charge in [0, 0.05) is 18.8 Å². The van der Waals surface area contributed by atoms with Gasteiger partial charge in [-0.2, -0.15) is 13.2 Å². The second-order valence-corrected chi connectivity index (χ2v) is 6.32. The van der Waals surface area contributed by atoms with Crippen LogP contribution >= 0.6 is 0 Å². The molecule has 0 fully saturated rings. The summed E-state index contributed by atoms with van der Waals surface area (Å²) < 4.78 is 39.0. The fourth-order valence-corrected chi connectivity index (χ4v) is 3.05. The van der Waals surface area contributed by atoms with Crippen LogP contribution in [0.25, 0.3) is 0 Å². The van der Waals surface area contributed by atoms with Gasteiger partial charge in [-0.3, -0.25) is 9.78 Å². The van der Waals surface area contributed by atoms with Gasteiger partial charge in [-0.05, 0) is 41.5 Å². The lowest BCUT2D eigenvalue weighted by Crippen LogP contribution is -2.12. The minimum absolute atomic E-state index is 0.329. The van der Waals surface area contributed by atoms with Crippen molar-refractivity contribution in [3.05, 3.63) is 89.2 Å². The second kappa shape index (κ2) is 6.92. The number of carbonyl (C=O) groups is 1. The molecule has 0 aliphatic carbocycles. The number of rotatable bonds is 3. The molecule has 1 amide bonds. The van der Waals surface area contributed by atoms with Crippen molar-refractivity contribution in [2.24, 2.45) is 4.99 Å². The van der Waals surface area contributed by atoms with E-state index in [1.807, 2.05) is 6.07 Å².